The zero-order chi connectivity index (χ0) is 9.38. The molecule has 14 heavy (non-hydrogen) atoms. The first-order chi connectivity index (χ1) is 6.93. The Balaban J connectivity index is 1.87. The molecule has 3 rings (SSSR count). The van der Waals surface area contributed by atoms with Gasteiger partial charge in [0.15, 0.2) is 0 Å². The first-order valence-electron chi connectivity index (χ1n) is 4.74. The van der Waals surface area contributed by atoms with Gasteiger partial charge in [-0.25, -0.2) is 0 Å². The van der Waals surface area contributed by atoms with E-state index in [1.807, 2.05) is 30.5 Å². The summed E-state index contributed by atoms with van der Waals surface area (Å²) in [5, 5.41) is 1.20. The van der Waals surface area contributed by atoms with E-state index in [1.165, 1.54) is 5.39 Å². The maximum absolute atomic E-state index is 5.57. The summed E-state index contributed by atoms with van der Waals surface area (Å²) in [5.41, 5.74) is 1.10. The van der Waals surface area contributed by atoms with Crippen molar-refractivity contribution >= 4 is 10.9 Å². The number of fused-ring (bicyclic) bond motifs is 1. The van der Waals surface area contributed by atoms with Gasteiger partial charge in [0.2, 0.25) is 0 Å². The van der Waals surface area contributed by atoms with Crippen molar-refractivity contribution in [2.45, 2.75) is 6.10 Å². The first-order valence-corrected chi connectivity index (χ1v) is 4.74. The van der Waals surface area contributed by atoms with Crippen LogP contribution in [-0.2, 0) is 4.74 Å². The predicted molar refractivity (Wildman–Crippen MR) is 53.1 cm³/mol. The zero-order valence-electron chi connectivity index (χ0n) is 7.72. The van der Waals surface area contributed by atoms with Crippen molar-refractivity contribution < 1.29 is 9.57 Å². The lowest BCUT2D eigenvalue weighted by Gasteiger charge is -2.05. The van der Waals surface area contributed by atoms with Crippen molar-refractivity contribution in [3.05, 3.63) is 36.5 Å². The summed E-state index contributed by atoms with van der Waals surface area (Å²) in [7, 11) is 0. The molecule has 3 nitrogen and oxygen atoms in total. The lowest BCUT2D eigenvalue weighted by atomic mass is 10.3. The van der Waals surface area contributed by atoms with Crippen LogP contribution < -0.4 is 4.84 Å². The first kappa shape index (κ1) is 7.88. The van der Waals surface area contributed by atoms with Gasteiger partial charge in [0.1, 0.15) is 12.7 Å². The maximum Gasteiger partial charge on any atom is 0.143 e. The van der Waals surface area contributed by atoms with Gasteiger partial charge in [-0.2, -0.15) is 4.73 Å². The van der Waals surface area contributed by atoms with Gasteiger partial charge < -0.3 is 9.57 Å². The van der Waals surface area contributed by atoms with Gasteiger partial charge >= 0.3 is 0 Å². The van der Waals surface area contributed by atoms with E-state index in [9.17, 15) is 0 Å². The van der Waals surface area contributed by atoms with Gasteiger partial charge in [-0.3, -0.25) is 0 Å². The Morgan fingerprint density at radius 1 is 1.36 bits per heavy atom. The van der Waals surface area contributed by atoms with Gasteiger partial charge in [-0.15, -0.1) is 0 Å². The maximum atomic E-state index is 5.57. The minimum absolute atomic E-state index is 0.302. The van der Waals surface area contributed by atoms with E-state index in [2.05, 4.69) is 6.07 Å². The topological polar surface area (TPSA) is 26.7 Å². The van der Waals surface area contributed by atoms with E-state index in [1.54, 1.807) is 4.73 Å². The van der Waals surface area contributed by atoms with Crippen LogP contribution in [0.1, 0.15) is 0 Å². The molecule has 0 bridgehead atoms. The molecule has 1 fully saturated rings. The van der Waals surface area contributed by atoms with Crippen LogP contribution in [0, 0.1) is 0 Å². The number of hydrogen-bond donors (Lipinski definition) is 0. The molecule has 0 radical (unpaired) electrons. The van der Waals surface area contributed by atoms with Gasteiger partial charge in [0.05, 0.1) is 12.1 Å². The molecule has 3 heteroatoms. The molecule has 1 aliphatic rings. The van der Waals surface area contributed by atoms with Crippen LogP contribution in [0.2, 0.25) is 0 Å². The summed E-state index contributed by atoms with van der Waals surface area (Å²) in [6.45, 7) is 1.47. The minimum atomic E-state index is 0.302. The molecule has 1 aromatic heterocycles. The number of hydrogen-bond acceptors (Lipinski definition) is 2. The molecule has 0 spiro atoms. The Morgan fingerprint density at radius 3 is 3.07 bits per heavy atom. The molecule has 0 N–H and O–H groups in total. The van der Waals surface area contributed by atoms with Gasteiger partial charge in [-0.05, 0) is 12.1 Å². The molecule has 0 amide bonds. The lowest BCUT2D eigenvalue weighted by Crippen LogP contribution is -2.15. The van der Waals surface area contributed by atoms with Crippen molar-refractivity contribution in [1.82, 2.24) is 4.73 Å². The highest BCUT2D eigenvalue weighted by molar-refractivity contribution is 5.79. The average molecular weight is 189 g/mol. The van der Waals surface area contributed by atoms with Crippen LogP contribution in [0.3, 0.4) is 0 Å². The van der Waals surface area contributed by atoms with Crippen molar-refractivity contribution in [3.8, 4) is 0 Å². The summed E-state index contributed by atoms with van der Waals surface area (Å²) in [6, 6.07) is 10.2. The molecule has 2 aromatic rings. The molecule has 1 atom stereocenters. The Morgan fingerprint density at radius 2 is 2.21 bits per heavy atom. The van der Waals surface area contributed by atoms with E-state index in [0.29, 0.717) is 12.7 Å². The molecule has 0 unspecified atom stereocenters. The van der Waals surface area contributed by atoms with Crippen LogP contribution in [0.25, 0.3) is 10.9 Å². The average Bonchev–Trinajstić information content (AvgIpc) is 2.96. The number of benzene rings is 1. The highest BCUT2D eigenvalue weighted by Gasteiger charge is 2.23. The van der Waals surface area contributed by atoms with Crippen LogP contribution in [0.4, 0.5) is 0 Å². The third-order valence-corrected chi connectivity index (χ3v) is 2.37. The van der Waals surface area contributed by atoms with Crippen molar-refractivity contribution in [1.29, 1.82) is 0 Å². The van der Waals surface area contributed by atoms with Crippen LogP contribution in [0.15, 0.2) is 36.5 Å². The fourth-order valence-electron chi connectivity index (χ4n) is 1.50. The number of aromatic nitrogens is 1. The summed E-state index contributed by atoms with van der Waals surface area (Å²) < 4.78 is 6.88. The quantitative estimate of drug-likeness (QED) is 0.683. The second kappa shape index (κ2) is 3.03. The number of nitrogens with zero attached hydrogens (tertiary/aromatic N) is 1. The monoisotopic (exact) mass is 189 g/mol. The minimum Gasteiger partial charge on any atom is -0.411 e. The van der Waals surface area contributed by atoms with E-state index in [-0.39, 0.29) is 0 Å². The summed E-state index contributed by atoms with van der Waals surface area (Å²) in [5.74, 6) is 0. The standard InChI is InChI=1S/C11H11NO2/c1-2-4-11-9(3-1)5-6-12(11)14-8-10-7-13-10/h1-6,10H,7-8H2/t10-/m0/s1. The zero-order valence-corrected chi connectivity index (χ0v) is 7.72. The molecule has 0 saturated carbocycles. The van der Waals surface area contributed by atoms with Crippen molar-refractivity contribution in [2.75, 3.05) is 13.2 Å². The fourth-order valence-corrected chi connectivity index (χ4v) is 1.50. The Bertz CT molecular complexity index is 445. The highest BCUT2D eigenvalue weighted by Crippen LogP contribution is 2.14. The number of para-hydroxylation sites is 1. The van der Waals surface area contributed by atoms with Crippen LogP contribution in [0.5, 0.6) is 0 Å². The second-order valence-corrected chi connectivity index (χ2v) is 3.45. The number of ether oxygens (including phenoxy) is 1. The predicted octanol–water partition coefficient (Wildman–Crippen LogP) is 1.47. The van der Waals surface area contributed by atoms with E-state index in [4.69, 9.17) is 9.57 Å². The smallest absolute Gasteiger partial charge is 0.143 e. The number of epoxide rings is 1. The Kier molecular flexibility index (Phi) is 1.70. The molecular weight excluding hydrogens is 178 g/mol. The largest absolute Gasteiger partial charge is 0.411 e. The summed E-state index contributed by atoms with van der Waals surface area (Å²) >= 11 is 0. The van der Waals surface area contributed by atoms with Crippen LogP contribution in [-0.4, -0.2) is 24.0 Å². The summed E-state index contributed by atoms with van der Waals surface area (Å²) in [6.07, 6.45) is 2.24. The van der Waals surface area contributed by atoms with Crippen molar-refractivity contribution in [3.63, 3.8) is 0 Å². The molecule has 1 aliphatic heterocycles. The molecular formula is C11H11NO2. The van der Waals surface area contributed by atoms with Gasteiger partial charge in [0.25, 0.3) is 0 Å². The van der Waals surface area contributed by atoms with Gasteiger partial charge in [0, 0.05) is 11.6 Å². The highest BCUT2D eigenvalue weighted by atomic mass is 16.7. The SMILES string of the molecule is c1ccc2c(c1)ccn2OC[C@@H]1CO1. The Labute approximate surface area is 81.8 Å². The van der Waals surface area contributed by atoms with E-state index < -0.39 is 0 Å². The lowest BCUT2D eigenvalue weighted by molar-refractivity contribution is 0.104. The fraction of sp³-hybridized carbons (Fsp3) is 0.273. The Hall–Kier alpha value is -1.48. The van der Waals surface area contributed by atoms with Gasteiger partial charge in [-0.1, -0.05) is 18.2 Å². The number of rotatable bonds is 3. The second-order valence-electron chi connectivity index (χ2n) is 3.45. The molecule has 1 aromatic carbocycles. The van der Waals surface area contributed by atoms with Crippen LogP contribution >= 0.6 is 0 Å². The molecule has 1 saturated heterocycles. The van der Waals surface area contributed by atoms with E-state index in [0.717, 1.165) is 12.1 Å². The third-order valence-electron chi connectivity index (χ3n) is 2.37. The third kappa shape index (κ3) is 1.36. The molecule has 0 aliphatic carbocycles. The summed E-state index contributed by atoms with van der Waals surface area (Å²) in [4.78, 5) is 5.57. The molecule has 2 heterocycles. The molecule has 72 valence electrons. The normalized spacial score (nSPS) is 19.9. The van der Waals surface area contributed by atoms with E-state index >= 15 is 0 Å². The van der Waals surface area contributed by atoms with Crippen molar-refractivity contribution in [2.24, 2.45) is 0 Å².